The smallest absolute Gasteiger partial charge is 0.243 e. The zero-order valence-corrected chi connectivity index (χ0v) is 23.3. The topological polar surface area (TPSA) is 120 Å². The molecule has 2 aliphatic rings. The summed E-state index contributed by atoms with van der Waals surface area (Å²) < 4.78 is 19.9. The molecule has 1 saturated carbocycles. The molecule has 40 heavy (non-hydrogen) atoms. The van der Waals surface area contributed by atoms with Gasteiger partial charge < -0.3 is 30.7 Å². The average molecular weight is 555 g/mol. The highest BCUT2D eigenvalue weighted by molar-refractivity contribution is 5.93. The molecule has 1 aliphatic heterocycles. The van der Waals surface area contributed by atoms with E-state index in [1.54, 1.807) is 32.2 Å². The van der Waals surface area contributed by atoms with Gasteiger partial charge in [-0.25, -0.2) is 4.39 Å². The summed E-state index contributed by atoms with van der Waals surface area (Å²) in [6.45, 7) is 4.15. The third-order valence-corrected chi connectivity index (χ3v) is 7.67. The Kier molecular flexibility index (Phi) is 9.63. The number of nitrogens with zero attached hydrogens (tertiary/aromatic N) is 1. The molecule has 0 radical (unpaired) electrons. The Morgan fingerprint density at radius 2 is 1.73 bits per heavy atom. The first-order valence-corrected chi connectivity index (χ1v) is 13.9. The number of phenolic OH excluding ortho intramolecular Hbond substituents is 1. The number of hydrogen-bond acceptors (Lipinski definition) is 6. The van der Waals surface area contributed by atoms with Crippen molar-refractivity contribution in [3.8, 4) is 11.5 Å². The second kappa shape index (κ2) is 13.1. The molecule has 2 aromatic carbocycles. The number of hydrogen-bond donors (Lipinski definition) is 4. The van der Waals surface area contributed by atoms with Crippen LogP contribution in [0.15, 0.2) is 42.5 Å². The van der Waals surface area contributed by atoms with E-state index < -0.39 is 29.8 Å². The molecule has 0 aromatic heterocycles. The van der Waals surface area contributed by atoms with Gasteiger partial charge >= 0.3 is 0 Å². The van der Waals surface area contributed by atoms with Gasteiger partial charge in [0.2, 0.25) is 17.7 Å². The summed E-state index contributed by atoms with van der Waals surface area (Å²) in [5.41, 5.74) is 1.58. The number of fused-ring (bicyclic) bond motifs is 1. The van der Waals surface area contributed by atoms with E-state index in [0.717, 1.165) is 24.0 Å². The van der Waals surface area contributed by atoms with E-state index in [1.165, 1.54) is 29.2 Å². The van der Waals surface area contributed by atoms with E-state index in [9.17, 15) is 23.9 Å². The predicted molar refractivity (Wildman–Crippen MR) is 148 cm³/mol. The number of ether oxygens (including phenoxy) is 1. The Morgan fingerprint density at radius 3 is 2.42 bits per heavy atom. The third kappa shape index (κ3) is 7.71. The highest BCUT2D eigenvalue weighted by Gasteiger charge is 2.39. The number of carbonyl (C=O) groups is 3. The van der Waals surface area contributed by atoms with Gasteiger partial charge in [0.15, 0.2) is 0 Å². The van der Waals surface area contributed by atoms with Crippen LogP contribution in [0.1, 0.15) is 44.2 Å². The molecule has 4 rings (SSSR count). The van der Waals surface area contributed by atoms with Crippen LogP contribution >= 0.6 is 0 Å². The van der Waals surface area contributed by atoms with Gasteiger partial charge in [-0.1, -0.05) is 18.2 Å². The number of rotatable bonds is 3. The third-order valence-electron chi connectivity index (χ3n) is 7.67. The molecule has 0 saturated heterocycles. The average Bonchev–Trinajstić information content (AvgIpc) is 3.77. The normalized spacial score (nSPS) is 25.6. The van der Waals surface area contributed by atoms with Crippen molar-refractivity contribution in [2.75, 3.05) is 20.2 Å². The van der Waals surface area contributed by atoms with Crippen molar-refractivity contribution in [3.63, 3.8) is 0 Å². The van der Waals surface area contributed by atoms with Crippen molar-refractivity contribution in [2.24, 2.45) is 5.92 Å². The van der Waals surface area contributed by atoms with Crippen LogP contribution in [-0.4, -0.2) is 72.1 Å². The number of halogens is 1. The van der Waals surface area contributed by atoms with Gasteiger partial charge in [-0.2, -0.15) is 0 Å². The summed E-state index contributed by atoms with van der Waals surface area (Å²) in [5, 5.41) is 18.8. The Bertz CT molecular complexity index is 1200. The fourth-order valence-corrected chi connectivity index (χ4v) is 4.87. The highest BCUT2D eigenvalue weighted by Crippen LogP contribution is 2.33. The largest absolute Gasteiger partial charge is 0.508 e. The number of aromatic hydroxyl groups is 1. The van der Waals surface area contributed by atoms with E-state index in [-0.39, 0.29) is 42.6 Å². The fourth-order valence-electron chi connectivity index (χ4n) is 4.87. The van der Waals surface area contributed by atoms with Gasteiger partial charge in [0, 0.05) is 32.1 Å². The number of aryl methyl sites for hydroxylation is 1. The van der Waals surface area contributed by atoms with Crippen molar-refractivity contribution in [3.05, 3.63) is 59.4 Å². The standard InChI is InChI=1S/C30H39FN4O5/c1-18-4-7-21-10-11-23(31)17-26(21)40-15-14-32-27(22-8-9-22)30(39)35(3)19(2)28(37)34-25(29(38)33-18)16-20-5-12-24(36)13-6-20/h5-6,10-13,17-19,22,25,27,32,36H,4,7-9,14-16H2,1-3H3,(H,33,38)(H,34,37)/t18-,19+,25+,27-/m0/s1. The number of phenols is 1. The number of carbonyl (C=O) groups excluding carboxylic acids is 3. The van der Waals surface area contributed by atoms with Crippen LogP contribution in [0.4, 0.5) is 4.39 Å². The van der Waals surface area contributed by atoms with Gasteiger partial charge in [-0.05, 0) is 74.8 Å². The monoisotopic (exact) mass is 554 g/mol. The number of benzene rings is 2. The van der Waals surface area contributed by atoms with Crippen LogP contribution in [0, 0.1) is 11.7 Å². The minimum Gasteiger partial charge on any atom is -0.508 e. The van der Waals surface area contributed by atoms with Crippen LogP contribution in [0.3, 0.4) is 0 Å². The number of nitrogens with one attached hydrogen (secondary N) is 3. The van der Waals surface area contributed by atoms with Crippen LogP contribution in [0.2, 0.25) is 0 Å². The van der Waals surface area contributed by atoms with Gasteiger partial charge in [0.1, 0.15) is 36.0 Å². The molecule has 4 N–H and O–H groups in total. The molecule has 1 aliphatic carbocycles. The summed E-state index contributed by atoms with van der Waals surface area (Å²) in [6.07, 6.45) is 3.16. The molecule has 3 amide bonds. The van der Waals surface area contributed by atoms with Crippen molar-refractivity contribution in [2.45, 2.75) is 70.1 Å². The number of amides is 3. The van der Waals surface area contributed by atoms with Gasteiger partial charge in [-0.3, -0.25) is 14.4 Å². The lowest BCUT2D eigenvalue weighted by Gasteiger charge is -2.30. The molecule has 0 unspecified atom stereocenters. The van der Waals surface area contributed by atoms with E-state index in [2.05, 4.69) is 16.0 Å². The zero-order valence-electron chi connectivity index (χ0n) is 23.3. The first kappa shape index (κ1) is 29.3. The van der Waals surface area contributed by atoms with E-state index in [1.807, 2.05) is 6.92 Å². The van der Waals surface area contributed by atoms with Gasteiger partial charge in [0.25, 0.3) is 0 Å². The summed E-state index contributed by atoms with van der Waals surface area (Å²) >= 11 is 0. The molecule has 0 spiro atoms. The highest BCUT2D eigenvalue weighted by atomic mass is 19.1. The summed E-state index contributed by atoms with van der Waals surface area (Å²) in [6, 6.07) is 8.47. The Morgan fingerprint density at radius 1 is 1.00 bits per heavy atom. The first-order valence-electron chi connectivity index (χ1n) is 13.9. The number of likely N-dealkylation sites (N-methyl/N-ethyl adjacent to an activating group) is 1. The molecule has 9 nitrogen and oxygen atoms in total. The predicted octanol–water partition coefficient (Wildman–Crippen LogP) is 2.30. The molecule has 1 fully saturated rings. The quantitative estimate of drug-likeness (QED) is 0.462. The molecule has 0 bridgehead atoms. The van der Waals surface area contributed by atoms with Gasteiger partial charge in [0.05, 0.1) is 6.04 Å². The maximum absolute atomic E-state index is 14.0. The Labute approximate surface area is 234 Å². The minimum absolute atomic E-state index is 0.104. The Balaban J connectivity index is 1.58. The molecular weight excluding hydrogens is 515 g/mol. The first-order chi connectivity index (χ1) is 19.1. The molecule has 10 heteroatoms. The lowest BCUT2D eigenvalue weighted by atomic mass is 10.0. The summed E-state index contributed by atoms with van der Waals surface area (Å²) in [7, 11) is 1.59. The second-order valence-electron chi connectivity index (χ2n) is 10.9. The lowest BCUT2D eigenvalue weighted by molar-refractivity contribution is -0.141. The zero-order chi connectivity index (χ0) is 28.8. The van der Waals surface area contributed by atoms with Crippen LogP contribution in [-0.2, 0) is 27.2 Å². The lowest BCUT2D eigenvalue weighted by Crippen LogP contribution is -2.57. The van der Waals surface area contributed by atoms with Crippen molar-refractivity contribution >= 4 is 17.7 Å². The van der Waals surface area contributed by atoms with Crippen molar-refractivity contribution in [1.82, 2.24) is 20.9 Å². The molecule has 4 atom stereocenters. The SMILES string of the molecule is C[C@@H]1C(=O)N[C@H](Cc2ccc(O)cc2)C(=O)N[C@@H](C)CCc2ccc(F)cc2OCCN[C@@H](C2CC2)C(=O)N1C. The fraction of sp³-hybridized carbons (Fsp3) is 0.500. The maximum Gasteiger partial charge on any atom is 0.243 e. The van der Waals surface area contributed by atoms with Gasteiger partial charge in [-0.15, -0.1) is 0 Å². The summed E-state index contributed by atoms with van der Waals surface area (Å²) in [5.74, 6) is -0.668. The summed E-state index contributed by atoms with van der Waals surface area (Å²) in [4.78, 5) is 41.5. The molecular formula is C30H39FN4O5. The molecule has 2 aromatic rings. The Hall–Kier alpha value is -3.66. The van der Waals surface area contributed by atoms with E-state index in [4.69, 9.17) is 4.74 Å². The maximum atomic E-state index is 14.0. The molecule has 216 valence electrons. The van der Waals surface area contributed by atoms with E-state index >= 15 is 0 Å². The van der Waals surface area contributed by atoms with E-state index in [0.29, 0.717) is 25.1 Å². The van der Waals surface area contributed by atoms with Crippen LogP contribution in [0.25, 0.3) is 0 Å². The molecule has 1 heterocycles. The van der Waals surface area contributed by atoms with Crippen molar-refractivity contribution < 1.29 is 28.6 Å². The second-order valence-corrected chi connectivity index (χ2v) is 10.9. The minimum atomic E-state index is -0.897. The van der Waals surface area contributed by atoms with Crippen molar-refractivity contribution in [1.29, 1.82) is 0 Å². The van der Waals surface area contributed by atoms with Crippen LogP contribution < -0.4 is 20.7 Å². The van der Waals surface area contributed by atoms with Crippen LogP contribution in [0.5, 0.6) is 11.5 Å².